The van der Waals surface area contributed by atoms with Crippen molar-refractivity contribution in [3.63, 3.8) is 0 Å². The molecular formula is C12H9N3O3S. The first-order chi connectivity index (χ1) is 9.22. The van der Waals surface area contributed by atoms with Crippen molar-refractivity contribution in [2.75, 3.05) is 6.79 Å². The van der Waals surface area contributed by atoms with Gasteiger partial charge in [0.1, 0.15) is 5.69 Å². The SMILES string of the molecule is O=c1[nH]c(=S)[nH]nc1C=Cc1ccc2c(c1)OCO2. The number of ether oxygens (including phenoxy) is 2. The Morgan fingerprint density at radius 3 is 2.95 bits per heavy atom. The van der Waals surface area contributed by atoms with Gasteiger partial charge in [0, 0.05) is 0 Å². The molecule has 0 atom stereocenters. The standard InChI is InChI=1S/C12H9N3O3S/c16-11-8(14-15-12(19)13-11)3-1-7-2-4-9-10(5-7)18-6-17-9/h1-5H,6H2,(H2,13,15,16,19). The Morgan fingerprint density at radius 2 is 2.11 bits per heavy atom. The van der Waals surface area contributed by atoms with E-state index in [1.54, 1.807) is 12.2 Å². The van der Waals surface area contributed by atoms with Gasteiger partial charge in [-0.05, 0) is 36.0 Å². The molecule has 7 heteroatoms. The molecule has 96 valence electrons. The zero-order valence-electron chi connectivity index (χ0n) is 9.67. The summed E-state index contributed by atoms with van der Waals surface area (Å²) in [5, 5.41) is 6.38. The summed E-state index contributed by atoms with van der Waals surface area (Å²) >= 11 is 4.76. The summed E-state index contributed by atoms with van der Waals surface area (Å²) in [6.45, 7) is 0.235. The lowest BCUT2D eigenvalue weighted by Gasteiger charge is -1.97. The maximum Gasteiger partial charge on any atom is 0.277 e. The summed E-state index contributed by atoms with van der Waals surface area (Å²) < 4.78 is 10.7. The highest BCUT2D eigenvalue weighted by molar-refractivity contribution is 7.71. The van der Waals surface area contributed by atoms with Gasteiger partial charge in [0.2, 0.25) is 6.79 Å². The minimum absolute atomic E-state index is 0.199. The van der Waals surface area contributed by atoms with Crippen molar-refractivity contribution in [3.05, 3.63) is 44.6 Å². The molecule has 6 nitrogen and oxygen atoms in total. The molecular weight excluding hydrogens is 266 g/mol. The Morgan fingerprint density at radius 1 is 1.26 bits per heavy atom. The first-order valence-electron chi connectivity index (χ1n) is 5.49. The molecule has 0 unspecified atom stereocenters. The average molecular weight is 275 g/mol. The first kappa shape index (κ1) is 11.7. The molecule has 1 aromatic carbocycles. The Kier molecular flexibility index (Phi) is 2.88. The van der Waals surface area contributed by atoms with Crippen molar-refractivity contribution in [2.45, 2.75) is 0 Å². The van der Waals surface area contributed by atoms with Crippen LogP contribution in [0.5, 0.6) is 11.5 Å². The van der Waals surface area contributed by atoms with Gasteiger partial charge in [0.25, 0.3) is 5.56 Å². The number of rotatable bonds is 2. The summed E-state index contributed by atoms with van der Waals surface area (Å²) in [5.74, 6) is 1.41. The van der Waals surface area contributed by atoms with E-state index < -0.39 is 0 Å². The number of nitrogens with zero attached hydrogens (tertiary/aromatic N) is 1. The number of hydrogen-bond acceptors (Lipinski definition) is 5. The van der Waals surface area contributed by atoms with Gasteiger partial charge in [-0.3, -0.25) is 14.9 Å². The minimum atomic E-state index is -0.333. The number of aromatic nitrogens is 3. The third kappa shape index (κ3) is 2.41. The first-order valence-corrected chi connectivity index (χ1v) is 5.90. The molecule has 19 heavy (non-hydrogen) atoms. The number of hydrogen-bond donors (Lipinski definition) is 2. The second kappa shape index (κ2) is 4.69. The molecule has 0 fully saturated rings. The maximum absolute atomic E-state index is 11.5. The third-order valence-corrected chi connectivity index (χ3v) is 2.76. The van der Waals surface area contributed by atoms with Gasteiger partial charge < -0.3 is 9.47 Å². The summed E-state index contributed by atoms with van der Waals surface area (Å²) in [7, 11) is 0. The predicted molar refractivity (Wildman–Crippen MR) is 71.5 cm³/mol. The highest BCUT2D eigenvalue weighted by Crippen LogP contribution is 2.32. The Balaban J connectivity index is 1.90. The molecule has 2 heterocycles. The molecule has 0 radical (unpaired) electrons. The van der Waals surface area contributed by atoms with E-state index >= 15 is 0 Å². The van der Waals surface area contributed by atoms with Gasteiger partial charge in [-0.25, -0.2) is 0 Å². The topological polar surface area (TPSA) is 80.0 Å². The number of nitrogens with one attached hydrogen (secondary N) is 2. The van der Waals surface area contributed by atoms with E-state index in [2.05, 4.69) is 15.2 Å². The summed E-state index contributed by atoms with van der Waals surface area (Å²) in [6, 6.07) is 5.51. The van der Waals surface area contributed by atoms with Crippen LogP contribution in [0.25, 0.3) is 12.2 Å². The molecule has 0 saturated carbocycles. The normalized spacial score (nSPS) is 13.1. The molecule has 3 rings (SSSR count). The fourth-order valence-electron chi connectivity index (χ4n) is 1.66. The molecule has 0 spiro atoms. The van der Waals surface area contributed by atoms with Crippen molar-refractivity contribution in [1.82, 2.24) is 15.2 Å². The van der Waals surface area contributed by atoms with Gasteiger partial charge in [0.15, 0.2) is 16.3 Å². The van der Waals surface area contributed by atoms with Gasteiger partial charge in [-0.1, -0.05) is 12.1 Å². The van der Waals surface area contributed by atoms with Crippen LogP contribution in [0.15, 0.2) is 23.0 Å². The van der Waals surface area contributed by atoms with Crippen LogP contribution in [0.4, 0.5) is 0 Å². The van der Waals surface area contributed by atoms with E-state index in [0.717, 1.165) is 11.3 Å². The van der Waals surface area contributed by atoms with E-state index in [0.29, 0.717) is 5.75 Å². The predicted octanol–water partition coefficient (Wildman–Crippen LogP) is 1.73. The summed E-state index contributed by atoms with van der Waals surface area (Å²) in [6.07, 6.45) is 3.36. The van der Waals surface area contributed by atoms with E-state index in [-0.39, 0.29) is 22.8 Å². The highest BCUT2D eigenvalue weighted by atomic mass is 32.1. The van der Waals surface area contributed by atoms with E-state index in [9.17, 15) is 4.79 Å². The summed E-state index contributed by atoms with van der Waals surface area (Å²) in [4.78, 5) is 14.0. The Bertz CT molecular complexity index is 763. The molecule has 1 aliphatic rings. The fourth-order valence-corrected chi connectivity index (χ4v) is 1.80. The van der Waals surface area contributed by atoms with Crippen molar-refractivity contribution >= 4 is 24.4 Å². The largest absolute Gasteiger partial charge is 0.454 e. The van der Waals surface area contributed by atoms with Gasteiger partial charge >= 0.3 is 0 Å². The lowest BCUT2D eigenvalue weighted by Crippen LogP contribution is -2.12. The van der Waals surface area contributed by atoms with Gasteiger partial charge in [-0.2, -0.15) is 5.10 Å². The van der Waals surface area contributed by atoms with Gasteiger partial charge in [0.05, 0.1) is 0 Å². The van der Waals surface area contributed by atoms with Crippen LogP contribution in [0.3, 0.4) is 0 Å². The highest BCUT2D eigenvalue weighted by Gasteiger charge is 2.12. The molecule has 2 aromatic rings. The van der Waals surface area contributed by atoms with Crippen LogP contribution in [0.1, 0.15) is 11.3 Å². The molecule has 2 N–H and O–H groups in total. The monoisotopic (exact) mass is 275 g/mol. The lowest BCUT2D eigenvalue weighted by molar-refractivity contribution is 0.174. The van der Waals surface area contributed by atoms with Crippen LogP contribution >= 0.6 is 12.2 Å². The Labute approximate surface area is 112 Å². The second-order valence-corrected chi connectivity index (χ2v) is 4.25. The van der Waals surface area contributed by atoms with Crippen LogP contribution in [-0.4, -0.2) is 22.0 Å². The van der Waals surface area contributed by atoms with Crippen LogP contribution in [0.2, 0.25) is 0 Å². The molecule has 0 aliphatic carbocycles. The summed E-state index contributed by atoms with van der Waals surface area (Å²) in [5.41, 5.74) is 0.805. The van der Waals surface area contributed by atoms with E-state index in [1.807, 2.05) is 18.2 Å². The molecule has 0 amide bonds. The number of H-pyrrole nitrogens is 2. The zero-order chi connectivity index (χ0) is 13.2. The quantitative estimate of drug-likeness (QED) is 0.816. The molecule has 0 bridgehead atoms. The Hall–Kier alpha value is -2.41. The van der Waals surface area contributed by atoms with Crippen LogP contribution < -0.4 is 15.0 Å². The number of fused-ring (bicyclic) bond motifs is 1. The van der Waals surface area contributed by atoms with E-state index in [4.69, 9.17) is 21.7 Å². The molecule has 1 aromatic heterocycles. The number of benzene rings is 1. The van der Waals surface area contributed by atoms with Crippen molar-refractivity contribution in [1.29, 1.82) is 0 Å². The number of aromatic amines is 2. The van der Waals surface area contributed by atoms with Crippen LogP contribution in [-0.2, 0) is 0 Å². The smallest absolute Gasteiger partial charge is 0.277 e. The fraction of sp³-hybridized carbons (Fsp3) is 0.0833. The average Bonchev–Trinajstić information content (AvgIpc) is 2.85. The molecule has 0 saturated heterocycles. The second-order valence-electron chi connectivity index (χ2n) is 3.84. The third-order valence-electron chi connectivity index (χ3n) is 2.57. The van der Waals surface area contributed by atoms with Crippen LogP contribution in [0, 0.1) is 4.77 Å². The zero-order valence-corrected chi connectivity index (χ0v) is 10.5. The van der Waals surface area contributed by atoms with Crippen molar-refractivity contribution in [3.8, 4) is 11.5 Å². The van der Waals surface area contributed by atoms with Gasteiger partial charge in [-0.15, -0.1) is 0 Å². The lowest BCUT2D eigenvalue weighted by atomic mass is 10.2. The molecule has 1 aliphatic heterocycles. The van der Waals surface area contributed by atoms with Crippen molar-refractivity contribution in [2.24, 2.45) is 0 Å². The maximum atomic E-state index is 11.5. The van der Waals surface area contributed by atoms with Crippen molar-refractivity contribution < 1.29 is 9.47 Å². The van der Waals surface area contributed by atoms with E-state index in [1.165, 1.54) is 0 Å². The minimum Gasteiger partial charge on any atom is -0.454 e.